The normalized spacial score (nSPS) is 22.9. The number of amides is 1. The van der Waals surface area contributed by atoms with Gasteiger partial charge in [-0.1, -0.05) is 20.3 Å². The van der Waals surface area contributed by atoms with Gasteiger partial charge in [-0.15, -0.1) is 0 Å². The van der Waals surface area contributed by atoms with Gasteiger partial charge in [0.05, 0.1) is 5.56 Å². The van der Waals surface area contributed by atoms with Gasteiger partial charge in [0.1, 0.15) is 0 Å². The van der Waals surface area contributed by atoms with E-state index in [2.05, 4.69) is 24.1 Å². The SMILES string of the molecule is CCNC1CCN(C(=O)c2cccnc2C)CC1CC. The van der Waals surface area contributed by atoms with Crippen LogP contribution in [0.2, 0.25) is 0 Å². The molecule has 1 aliphatic rings. The molecule has 110 valence electrons. The molecule has 0 aliphatic carbocycles. The van der Waals surface area contributed by atoms with Crippen LogP contribution in [0.15, 0.2) is 18.3 Å². The number of rotatable bonds is 4. The maximum absolute atomic E-state index is 12.6. The van der Waals surface area contributed by atoms with Crippen molar-refractivity contribution in [2.75, 3.05) is 19.6 Å². The zero-order chi connectivity index (χ0) is 14.5. The van der Waals surface area contributed by atoms with E-state index in [-0.39, 0.29) is 5.91 Å². The van der Waals surface area contributed by atoms with Crippen LogP contribution in [0.25, 0.3) is 0 Å². The summed E-state index contributed by atoms with van der Waals surface area (Å²) in [6.07, 6.45) is 3.88. The number of likely N-dealkylation sites (tertiary alicyclic amines) is 1. The molecule has 0 radical (unpaired) electrons. The van der Waals surface area contributed by atoms with E-state index in [4.69, 9.17) is 0 Å². The average molecular weight is 275 g/mol. The molecule has 1 fully saturated rings. The van der Waals surface area contributed by atoms with E-state index >= 15 is 0 Å². The first-order valence-electron chi connectivity index (χ1n) is 7.61. The van der Waals surface area contributed by atoms with Crippen molar-refractivity contribution in [2.24, 2.45) is 5.92 Å². The summed E-state index contributed by atoms with van der Waals surface area (Å²) in [5.74, 6) is 0.675. The summed E-state index contributed by atoms with van der Waals surface area (Å²) in [4.78, 5) is 18.8. The highest BCUT2D eigenvalue weighted by Gasteiger charge is 2.30. The van der Waals surface area contributed by atoms with Crippen LogP contribution >= 0.6 is 0 Å². The van der Waals surface area contributed by atoms with Crippen LogP contribution < -0.4 is 5.32 Å². The molecule has 1 aliphatic heterocycles. The maximum atomic E-state index is 12.6. The summed E-state index contributed by atoms with van der Waals surface area (Å²) >= 11 is 0. The number of piperidine rings is 1. The van der Waals surface area contributed by atoms with Gasteiger partial charge in [0.2, 0.25) is 0 Å². The minimum absolute atomic E-state index is 0.129. The van der Waals surface area contributed by atoms with Crippen molar-refractivity contribution in [1.82, 2.24) is 15.2 Å². The van der Waals surface area contributed by atoms with Crippen LogP contribution in [-0.2, 0) is 0 Å². The quantitative estimate of drug-likeness (QED) is 0.916. The van der Waals surface area contributed by atoms with Gasteiger partial charge in [-0.3, -0.25) is 9.78 Å². The van der Waals surface area contributed by atoms with Crippen molar-refractivity contribution in [3.05, 3.63) is 29.6 Å². The van der Waals surface area contributed by atoms with Gasteiger partial charge >= 0.3 is 0 Å². The second kappa shape index (κ2) is 6.84. The van der Waals surface area contributed by atoms with Gasteiger partial charge < -0.3 is 10.2 Å². The Morgan fingerprint density at radius 3 is 2.95 bits per heavy atom. The minimum Gasteiger partial charge on any atom is -0.338 e. The molecule has 1 saturated heterocycles. The third-order valence-electron chi connectivity index (χ3n) is 4.25. The lowest BCUT2D eigenvalue weighted by atomic mass is 9.89. The van der Waals surface area contributed by atoms with Crippen LogP contribution in [0.4, 0.5) is 0 Å². The Morgan fingerprint density at radius 1 is 1.50 bits per heavy atom. The second-order valence-corrected chi connectivity index (χ2v) is 5.51. The molecular formula is C16H25N3O. The molecule has 4 heteroatoms. The first kappa shape index (κ1) is 15.0. The number of hydrogen-bond donors (Lipinski definition) is 1. The zero-order valence-corrected chi connectivity index (χ0v) is 12.7. The fourth-order valence-corrected chi connectivity index (χ4v) is 3.04. The van der Waals surface area contributed by atoms with Crippen molar-refractivity contribution in [2.45, 2.75) is 39.7 Å². The molecule has 0 bridgehead atoms. The molecule has 0 aromatic carbocycles. The molecule has 1 aromatic heterocycles. The largest absolute Gasteiger partial charge is 0.338 e. The maximum Gasteiger partial charge on any atom is 0.255 e. The monoisotopic (exact) mass is 275 g/mol. The lowest BCUT2D eigenvalue weighted by Gasteiger charge is -2.38. The number of nitrogens with zero attached hydrogens (tertiary/aromatic N) is 2. The molecule has 1 aromatic rings. The summed E-state index contributed by atoms with van der Waals surface area (Å²) in [5.41, 5.74) is 1.56. The van der Waals surface area contributed by atoms with Crippen molar-refractivity contribution in [1.29, 1.82) is 0 Å². The van der Waals surface area contributed by atoms with E-state index < -0.39 is 0 Å². The molecule has 2 heterocycles. The summed E-state index contributed by atoms with van der Waals surface area (Å²) in [6.45, 7) is 8.93. The third kappa shape index (κ3) is 3.18. The molecule has 1 N–H and O–H groups in total. The van der Waals surface area contributed by atoms with Gasteiger partial charge in [0.15, 0.2) is 0 Å². The summed E-state index contributed by atoms with van der Waals surface area (Å²) in [5, 5.41) is 3.55. The molecule has 2 atom stereocenters. The van der Waals surface area contributed by atoms with Crippen LogP contribution in [0.3, 0.4) is 0 Å². The molecule has 20 heavy (non-hydrogen) atoms. The fraction of sp³-hybridized carbons (Fsp3) is 0.625. The average Bonchev–Trinajstić information content (AvgIpc) is 2.48. The van der Waals surface area contributed by atoms with Crippen molar-refractivity contribution in [3.63, 3.8) is 0 Å². The van der Waals surface area contributed by atoms with E-state index in [1.54, 1.807) is 6.20 Å². The number of hydrogen-bond acceptors (Lipinski definition) is 3. The van der Waals surface area contributed by atoms with E-state index in [9.17, 15) is 4.79 Å². The highest BCUT2D eigenvalue weighted by Crippen LogP contribution is 2.22. The first-order chi connectivity index (χ1) is 9.67. The first-order valence-corrected chi connectivity index (χ1v) is 7.61. The highest BCUT2D eigenvalue weighted by molar-refractivity contribution is 5.95. The van der Waals surface area contributed by atoms with Gasteiger partial charge in [0.25, 0.3) is 5.91 Å². The van der Waals surface area contributed by atoms with Crippen molar-refractivity contribution in [3.8, 4) is 0 Å². The highest BCUT2D eigenvalue weighted by atomic mass is 16.2. The number of aryl methyl sites for hydroxylation is 1. The second-order valence-electron chi connectivity index (χ2n) is 5.51. The molecule has 0 spiro atoms. The minimum atomic E-state index is 0.129. The van der Waals surface area contributed by atoms with Crippen molar-refractivity contribution >= 4 is 5.91 Å². The molecule has 2 rings (SSSR count). The van der Waals surface area contributed by atoms with E-state index in [0.29, 0.717) is 12.0 Å². The Kier molecular flexibility index (Phi) is 5.12. The number of pyridine rings is 1. The van der Waals surface area contributed by atoms with E-state index in [1.165, 1.54) is 0 Å². The van der Waals surface area contributed by atoms with Gasteiger partial charge in [-0.2, -0.15) is 0 Å². The Morgan fingerprint density at radius 2 is 2.30 bits per heavy atom. The van der Waals surface area contributed by atoms with E-state index in [0.717, 1.165) is 43.7 Å². The Balaban J connectivity index is 2.07. The molecule has 4 nitrogen and oxygen atoms in total. The van der Waals surface area contributed by atoms with Crippen LogP contribution in [0.5, 0.6) is 0 Å². The third-order valence-corrected chi connectivity index (χ3v) is 4.25. The Hall–Kier alpha value is -1.42. The molecule has 2 unspecified atom stereocenters. The number of nitrogens with one attached hydrogen (secondary N) is 1. The number of carbonyl (C=O) groups is 1. The Labute approximate surface area is 121 Å². The smallest absolute Gasteiger partial charge is 0.255 e. The Bertz CT molecular complexity index is 461. The van der Waals surface area contributed by atoms with E-state index in [1.807, 2.05) is 24.0 Å². The predicted molar refractivity (Wildman–Crippen MR) is 80.7 cm³/mol. The van der Waals surface area contributed by atoms with Crippen LogP contribution in [0.1, 0.15) is 42.7 Å². The van der Waals surface area contributed by atoms with Crippen LogP contribution in [0, 0.1) is 12.8 Å². The van der Waals surface area contributed by atoms with Gasteiger partial charge in [0, 0.05) is 31.0 Å². The standard InChI is InChI=1S/C16H25N3O/c1-4-13-11-19(10-8-15(13)17-5-2)16(20)14-7-6-9-18-12(14)3/h6-7,9,13,15,17H,4-5,8,10-11H2,1-3H3. The topological polar surface area (TPSA) is 45.2 Å². The molecule has 0 saturated carbocycles. The zero-order valence-electron chi connectivity index (χ0n) is 12.7. The summed E-state index contributed by atoms with van der Waals surface area (Å²) in [7, 11) is 0. The number of aromatic nitrogens is 1. The van der Waals surface area contributed by atoms with Gasteiger partial charge in [-0.05, 0) is 37.9 Å². The predicted octanol–water partition coefficient (Wildman–Crippen LogP) is 2.24. The number of carbonyl (C=O) groups excluding carboxylic acids is 1. The van der Waals surface area contributed by atoms with Crippen LogP contribution in [-0.4, -0.2) is 41.5 Å². The lowest BCUT2D eigenvalue weighted by molar-refractivity contribution is 0.0627. The lowest BCUT2D eigenvalue weighted by Crippen LogP contribution is -2.51. The van der Waals surface area contributed by atoms with Crippen molar-refractivity contribution < 1.29 is 4.79 Å². The summed E-state index contributed by atoms with van der Waals surface area (Å²) < 4.78 is 0. The van der Waals surface area contributed by atoms with Gasteiger partial charge in [-0.25, -0.2) is 0 Å². The molecular weight excluding hydrogens is 250 g/mol. The molecule has 1 amide bonds. The fourth-order valence-electron chi connectivity index (χ4n) is 3.04. The summed E-state index contributed by atoms with van der Waals surface area (Å²) in [6, 6.07) is 4.26.